The Balaban J connectivity index is 2.72. The van der Waals surface area contributed by atoms with Crippen LogP contribution in [-0.4, -0.2) is 24.2 Å². The second kappa shape index (κ2) is 6.34. The Hall–Kier alpha value is -0.430. The average molecular weight is 261 g/mol. The average Bonchev–Trinajstić information content (AvgIpc) is 2.17. The molecule has 0 radical (unpaired) electrons. The number of rotatable bonds is 5. The molecule has 90 valence electrons. The fraction of sp³-hybridized carbons (Fsp3) is 0.500. The largest absolute Gasteiger partial charge is 0.330 e. The fourth-order valence-corrected chi connectivity index (χ4v) is 3.20. The first kappa shape index (κ1) is 13.6. The van der Waals surface area contributed by atoms with Gasteiger partial charge in [-0.25, -0.2) is 0 Å². The van der Waals surface area contributed by atoms with Crippen LogP contribution in [0.3, 0.4) is 0 Å². The standard InChI is InChI=1S/C10H15NO3S2/c1-8(12)11-9-5-4-6-10(7-9,15-13-2)16-14-3/h4-6H,7H2,1-3H3,(H,11,12). The Morgan fingerprint density at radius 2 is 2.06 bits per heavy atom. The van der Waals surface area contributed by atoms with Gasteiger partial charge in [0, 0.05) is 43.1 Å². The van der Waals surface area contributed by atoms with Crippen LogP contribution >= 0.6 is 24.1 Å². The van der Waals surface area contributed by atoms with E-state index in [9.17, 15) is 4.79 Å². The molecule has 0 saturated carbocycles. The van der Waals surface area contributed by atoms with Gasteiger partial charge < -0.3 is 13.7 Å². The summed E-state index contributed by atoms with van der Waals surface area (Å²) in [7, 11) is 3.24. The van der Waals surface area contributed by atoms with E-state index in [0.717, 1.165) is 5.70 Å². The minimum atomic E-state index is -0.337. The molecule has 16 heavy (non-hydrogen) atoms. The Labute approximate surface area is 104 Å². The first-order valence-electron chi connectivity index (χ1n) is 4.71. The minimum Gasteiger partial charge on any atom is -0.330 e. The van der Waals surface area contributed by atoms with Crippen molar-refractivity contribution in [2.24, 2.45) is 0 Å². The number of nitrogens with one attached hydrogen (secondary N) is 1. The molecular formula is C10H15NO3S2. The van der Waals surface area contributed by atoms with E-state index < -0.39 is 0 Å². The molecule has 0 bridgehead atoms. The van der Waals surface area contributed by atoms with E-state index in [1.54, 1.807) is 14.2 Å². The third-order valence-corrected chi connectivity index (χ3v) is 3.74. The van der Waals surface area contributed by atoms with Crippen molar-refractivity contribution in [1.29, 1.82) is 0 Å². The topological polar surface area (TPSA) is 47.6 Å². The maximum Gasteiger partial charge on any atom is 0.220 e. The van der Waals surface area contributed by atoms with E-state index in [1.807, 2.05) is 18.2 Å². The predicted octanol–water partition coefficient (Wildman–Crippen LogP) is 2.25. The predicted molar refractivity (Wildman–Crippen MR) is 67.6 cm³/mol. The molecule has 0 spiro atoms. The van der Waals surface area contributed by atoms with E-state index in [0.29, 0.717) is 6.42 Å². The zero-order chi connectivity index (χ0) is 12.0. The Morgan fingerprint density at radius 1 is 1.44 bits per heavy atom. The molecule has 4 nitrogen and oxygen atoms in total. The number of hydrogen-bond donors (Lipinski definition) is 1. The van der Waals surface area contributed by atoms with Gasteiger partial charge in [-0.1, -0.05) is 12.2 Å². The molecule has 0 saturated heterocycles. The summed E-state index contributed by atoms with van der Waals surface area (Å²) in [5, 5.41) is 2.79. The lowest BCUT2D eigenvalue weighted by Crippen LogP contribution is -2.28. The summed E-state index contributed by atoms with van der Waals surface area (Å²) in [6, 6.07) is 0. The number of carbonyl (C=O) groups excluding carboxylic acids is 1. The highest BCUT2D eigenvalue weighted by Gasteiger charge is 2.33. The second-order valence-corrected chi connectivity index (χ2v) is 5.94. The maximum atomic E-state index is 11.0. The van der Waals surface area contributed by atoms with Crippen molar-refractivity contribution in [3.05, 3.63) is 23.9 Å². The minimum absolute atomic E-state index is 0.0692. The first-order valence-corrected chi connectivity index (χ1v) is 6.20. The molecule has 6 heteroatoms. The van der Waals surface area contributed by atoms with Crippen LogP contribution in [0.15, 0.2) is 23.9 Å². The third-order valence-electron chi connectivity index (χ3n) is 1.87. The van der Waals surface area contributed by atoms with Crippen molar-refractivity contribution < 1.29 is 13.2 Å². The quantitative estimate of drug-likeness (QED) is 0.607. The van der Waals surface area contributed by atoms with Gasteiger partial charge in [-0.3, -0.25) is 4.79 Å². The lowest BCUT2D eigenvalue weighted by molar-refractivity contribution is -0.118. The van der Waals surface area contributed by atoms with E-state index in [4.69, 9.17) is 8.37 Å². The smallest absolute Gasteiger partial charge is 0.220 e. The SMILES string of the molecule is COSC1(SOC)C=CC=C(NC(C)=O)C1. The van der Waals surface area contributed by atoms with Gasteiger partial charge in [0.1, 0.15) is 4.08 Å². The van der Waals surface area contributed by atoms with Crippen molar-refractivity contribution in [3.8, 4) is 0 Å². The summed E-state index contributed by atoms with van der Waals surface area (Å²) in [6.07, 6.45) is 6.43. The van der Waals surface area contributed by atoms with Gasteiger partial charge in [0.15, 0.2) is 0 Å². The van der Waals surface area contributed by atoms with Gasteiger partial charge in [-0.15, -0.1) is 0 Å². The highest BCUT2D eigenvalue weighted by molar-refractivity contribution is 8.14. The molecule has 1 aliphatic rings. The van der Waals surface area contributed by atoms with Crippen LogP contribution in [0.4, 0.5) is 0 Å². The molecule has 0 heterocycles. The highest BCUT2D eigenvalue weighted by Crippen LogP contribution is 2.45. The molecular weight excluding hydrogens is 246 g/mol. The van der Waals surface area contributed by atoms with Crippen molar-refractivity contribution in [1.82, 2.24) is 5.32 Å². The molecule has 0 unspecified atom stereocenters. The summed E-state index contributed by atoms with van der Waals surface area (Å²) >= 11 is 2.63. The molecule has 0 aromatic rings. The second-order valence-electron chi connectivity index (χ2n) is 3.22. The molecule has 0 aromatic heterocycles. The van der Waals surface area contributed by atoms with Gasteiger partial charge in [0.05, 0.1) is 14.2 Å². The van der Waals surface area contributed by atoms with E-state index in [-0.39, 0.29) is 9.99 Å². The molecule has 1 amide bonds. The summed E-state index contributed by atoms with van der Waals surface area (Å²) < 4.78 is 9.89. The molecule has 1 N–H and O–H groups in total. The Morgan fingerprint density at radius 3 is 2.56 bits per heavy atom. The van der Waals surface area contributed by atoms with Gasteiger partial charge in [0.2, 0.25) is 5.91 Å². The lowest BCUT2D eigenvalue weighted by Gasteiger charge is -2.29. The molecule has 0 atom stereocenters. The number of hydrogen-bond acceptors (Lipinski definition) is 5. The van der Waals surface area contributed by atoms with Crippen molar-refractivity contribution >= 4 is 30.0 Å². The van der Waals surface area contributed by atoms with Gasteiger partial charge in [0.25, 0.3) is 0 Å². The highest BCUT2D eigenvalue weighted by atomic mass is 32.2. The number of carbonyl (C=O) groups is 1. The van der Waals surface area contributed by atoms with Crippen LogP contribution in [0.1, 0.15) is 13.3 Å². The lowest BCUT2D eigenvalue weighted by atomic mass is 10.1. The Kier molecular flexibility index (Phi) is 5.40. The van der Waals surface area contributed by atoms with Crippen LogP contribution in [0, 0.1) is 0 Å². The van der Waals surface area contributed by atoms with Crippen LogP contribution in [-0.2, 0) is 13.2 Å². The van der Waals surface area contributed by atoms with Gasteiger partial charge >= 0.3 is 0 Å². The third kappa shape index (κ3) is 3.86. The van der Waals surface area contributed by atoms with Crippen LogP contribution in [0.25, 0.3) is 0 Å². The summed E-state index contributed by atoms with van der Waals surface area (Å²) in [5.74, 6) is -0.0692. The van der Waals surface area contributed by atoms with E-state index in [1.165, 1.54) is 31.0 Å². The maximum absolute atomic E-state index is 11.0. The molecule has 1 rings (SSSR count). The van der Waals surface area contributed by atoms with Gasteiger partial charge in [-0.2, -0.15) is 0 Å². The van der Waals surface area contributed by atoms with Crippen molar-refractivity contribution in [2.45, 2.75) is 17.4 Å². The monoisotopic (exact) mass is 261 g/mol. The molecule has 1 aliphatic carbocycles. The van der Waals surface area contributed by atoms with E-state index >= 15 is 0 Å². The van der Waals surface area contributed by atoms with Crippen LogP contribution in [0.2, 0.25) is 0 Å². The van der Waals surface area contributed by atoms with Crippen LogP contribution in [0.5, 0.6) is 0 Å². The molecule has 0 fully saturated rings. The number of amides is 1. The van der Waals surface area contributed by atoms with Crippen molar-refractivity contribution in [2.75, 3.05) is 14.2 Å². The fourth-order valence-electron chi connectivity index (χ4n) is 1.42. The normalized spacial score (nSPS) is 18.1. The van der Waals surface area contributed by atoms with E-state index in [2.05, 4.69) is 5.32 Å². The number of allylic oxidation sites excluding steroid dienone is 3. The first-order chi connectivity index (χ1) is 7.62. The van der Waals surface area contributed by atoms with Gasteiger partial charge in [-0.05, 0) is 6.08 Å². The van der Waals surface area contributed by atoms with Crippen molar-refractivity contribution in [3.63, 3.8) is 0 Å². The Bertz CT molecular complexity index is 309. The van der Waals surface area contributed by atoms with Crippen LogP contribution < -0.4 is 5.32 Å². The zero-order valence-electron chi connectivity index (χ0n) is 9.48. The molecule has 0 aliphatic heterocycles. The molecule has 0 aromatic carbocycles. The summed E-state index contributed by atoms with van der Waals surface area (Å²) in [6.45, 7) is 1.49. The zero-order valence-corrected chi connectivity index (χ0v) is 11.1. The summed E-state index contributed by atoms with van der Waals surface area (Å²) in [4.78, 5) is 11.0. The summed E-state index contributed by atoms with van der Waals surface area (Å²) in [5.41, 5.74) is 0.865.